The molecule has 244 valence electrons. The van der Waals surface area contributed by atoms with Crippen molar-refractivity contribution < 1.29 is 0 Å². The molecule has 0 bridgehead atoms. The third-order valence-corrected chi connectivity index (χ3v) is 13.1. The second kappa shape index (κ2) is 10.6. The molecule has 0 aromatic heterocycles. The van der Waals surface area contributed by atoms with Gasteiger partial charge in [0.15, 0.2) is 0 Å². The first-order valence-corrected chi connectivity index (χ1v) is 18.1. The van der Waals surface area contributed by atoms with Crippen LogP contribution in [-0.4, -0.2) is 0 Å². The minimum absolute atomic E-state index is 1.28. The molecule has 50 heavy (non-hydrogen) atoms. The van der Waals surface area contributed by atoms with Crippen molar-refractivity contribution >= 4 is 43.1 Å². The fourth-order valence-corrected chi connectivity index (χ4v) is 9.55. The molecule has 0 N–H and O–H groups in total. The van der Waals surface area contributed by atoms with E-state index in [1.54, 1.807) is 0 Å². The Morgan fingerprint density at radius 2 is 0.660 bits per heavy atom. The summed E-state index contributed by atoms with van der Waals surface area (Å²) in [6.07, 6.45) is 0. The molecule has 0 amide bonds. The van der Waals surface area contributed by atoms with Crippen LogP contribution in [0.4, 0.5) is 0 Å². The molecule has 8 aromatic rings. The molecule has 0 spiro atoms. The van der Waals surface area contributed by atoms with Crippen molar-refractivity contribution in [2.24, 2.45) is 0 Å². The predicted octanol–water partition coefficient (Wildman–Crippen LogP) is 14.4. The molecule has 9 rings (SSSR count). The predicted molar refractivity (Wildman–Crippen MR) is 219 cm³/mol. The normalized spacial score (nSPS) is 12.2. The molecule has 0 atom stereocenters. The maximum Gasteiger partial charge on any atom is -0.000698 e. The van der Waals surface area contributed by atoms with Crippen molar-refractivity contribution in [3.8, 4) is 44.5 Å². The van der Waals surface area contributed by atoms with E-state index in [4.69, 9.17) is 0 Å². The molecule has 0 fully saturated rings. The summed E-state index contributed by atoms with van der Waals surface area (Å²) in [4.78, 5) is 0. The quantitative estimate of drug-likeness (QED) is 0.130. The molecule has 0 saturated heterocycles. The highest BCUT2D eigenvalue weighted by atomic mass is 14.4. The van der Waals surface area contributed by atoms with Gasteiger partial charge in [-0.15, -0.1) is 0 Å². The Labute approximate surface area is 296 Å². The number of hydrogen-bond donors (Lipinski definition) is 0. The number of rotatable bonds is 2. The molecule has 0 aliphatic heterocycles. The molecular formula is C50H44. The topological polar surface area (TPSA) is 0 Å². The smallest absolute Gasteiger partial charge is 0.000698 e. The van der Waals surface area contributed by atoms with Crippen LogP contribution in [0.3, 0.4) is 0 Å². The van der Waals surface area contributed by atoms with Crippen LogP contribution in [0, 0.1) is 69.2 Å². The van der Waals surface area contributed by atoms with Crippen molar-refractivity contribution in [1.29, 1.82) is 0 Å². The van der Waals surface area contributed by atoms with Gasteiger partial charge in [0.2, 0.25) is 0 Å². The minimum atomic E-state index is 1.28. The summed E-state index contributed by atoms with van der Waals surface area (Å²) in [7, 11) is 0. The third-order valence-electron chi connectivity index (χ3n) is 13.1. The summed E-state index contributed by atoms with van der Waals surface area (Å²) in [6, 6.07) is 32.5. The fourth-order valence-electron chi connectivity index (χ4n) is 9.55. The molecule has 0 heterocycles. The molecule has 0 saturated carbocycles. The lowest BCUT2D eigenvalue weighted by molar-refractivity contribution is 1.18. The molecule has 1 aliphatic rings. The third kappa shape index (κ3) is 3.88. The largest absolute Gasteiger partial charge is 0.0616 e. The summed E-state index contributed by atoms with van der Waals surface area (Å²) in [5.41, 5.74) is 25.0. The van der Waals surface area contributed by atoms with Gasteiger partial charge in [-0.1, -0.05) is 66.7 Å². The Balaban J connectivity index is 1.64. The van der Waals surface area contributed by atoms with E-state index >= 15 is 0 Å². The van der Waals surface area contributed by atoms with Gasteiger partial charge in [-0.2, -0.15) is 0 Å². The first kappa shape index (κ1) is 30.8. The molecule has 0 heteroatoms. The maximum atomic E-state index is 2.51. The zero-order chi connectivity index (χ0) is 34.9. The van der Waals surface area contributed by atoms with Gasteiger partial charge in [-0.05, 0) is 231 Å². The van der Waals surface area contributed by atoms with E-state index in [0.29, 0.717) is 0 Å². The zero-order valence-electron chi connectivity index (χ0n) is 31.1. The second-order valence-electron chi connectivity index (χ2n) is 15.1. The summed E-state index contributed by atoms with van der Waals surface area (Å²) >= 11 is 0. The van der Waals surface area contributed by atoms with Gasteiger partial charge in [0.05, 0.1) is 0 Å². The van der Waals surface area contributed by atoms with Crippen LogP contribution in [-0.2, 0) is 0 Å². The lowest BCUT2D eigenvalue weighted by Crippen LogP contribution is -2.04. The van der Waals surface area contributed by atoms with E-state index in [1.165, 1.54) is 143 Å². The van der Waals surface area contributed by atoms with Crippen LogP contribution in [0.5, 0.6) is 0 Å². The summed E-state index contributed by atoms with van der Waals surface area (Å²) in [5.74, 6) is 0. The fraction of sp³-hybridized carbons (Fsp3) is 0.200. The molecular weight excluding hydrogens is 601 g/mol. The monoisotopic (exact) mass is 644 g/mol. The van der Waals surface area contributed by atoms with Crippen molar-refractivity contribution in [1.82, 2.24) is 0 Å². The lowest BCUT2D eigenvalue weighted by Gasteiger charge is -2.27. The first-order valence-electron chi connectivity index (χ1n) is 18.1. The standard InChI is InChI=1S/C50H44/c1-25-27(3)31(7)44(32(8)28(25)4)48-41-22-35-16-11-12-17-36(35)23-42(41)49(45-33(9)29(5)26(2)30(6)34(45)10)50-43-24-37-18-13-14-19-38(37)39-20-15-21-40(46(39)43)47(48)50/h11-24H,1-10H3. The Morgan fingerprint density at radius 1 is 0.260 bits per heavy atom. The highest BCUT2D eigenvalue weighted by Crippen LogP contribution is 2.60. The Hall–Kier alpha value is -5.20. The van der Waals surface area contributed by atoms with E-state index < -0.39 is 0 Å². The van der Waals surface area contributed by atoms with Gasteiger partial charge in [-0.3, -0.25) is 0 Å². The first-order chi connectivity index (χ1) is 24.0. The van der Waals surface area contributed by atoms with E-state index in [0.717, 1.165) is 0 Å². The Bertz CT molecular complexity index is 2780. The van der Waals surface area contributed by atoms with Crippen LogP contribution in [0.1, 0.15) is 55.6 Å². The van der Waals surface area contributed by atoms with Crippen LogP contribution in [0.25, 0.3) is 87.6 Å². The van der Waals surface area contributed by atoms with Crippen molar-refractivity contribution in [3.05, 3.63) is 141 Å². The lowest BCUT2D eigenvalue weighted by atomic mass is 9.76. The van der Waals surface area contributed by atoms with Crippen molar-refractivity contribution in [3.63, 3.8) is 0 Å². The highest BCUT2D eigenvalue weighted by Gasteiger charge is 2.34. The van der Waals surface area contributed by atoms with E-state index in [-0.39, 0.29) is 0 Å². The molecule has 0 unspecified atom stereocenters. The van der Waals surface area contributed by atoms with Crippen molar-refractivity contribution in [2.75, 3.05) is 0 Å². The van der Waals surface area contributed by atoms with Crippen LogP contribution in [0.15, 0.2) is 84.9 Å². The van der Waals surface area contributed by atoms with Gasteiger partial charge >= 0.3 is 0 Å². The zero-order valence-corrected chi connectivity index (χ0v) is 31.1. The number of benzene rings is 8. The molecule has 0 nitrogen and oxygen atoms in total. The molecule has 1 aliphatic carbocycles. The summed E-state index contributed by atoms with van der Waals surface area (Å²) in [5, 5.41) is 10.6. The summed E-state index contributed by atoms with van der Waals surface area (Å²) in [6.45, 7) is 23.3. The van der Waals surface area contributed by atoms with Crippen LogP contribution < -0.4 is 0 Å². The van der Waals surface area contributed by atoms with Gasteiger partial charge in [0.25, 0.3) is 0 Å². The maximum absolute atomic E-state index is 2.51. The van der Waals surface area contributed by atoms with E-state index in [2.05, 4.69) is 154 Å². The Morgan fingerprint density at radius 3 is 1.16 bits per heavy atom. The van der Waals surface area contributed by atoms with Gasteiger partial charge in [-0.25, -0.2) is 0 Å². The minimum Gasteiger partial charge on any atom is -0.0616 e. The van der Waals surface area contributed by atoms with E-state index in [1.807, 2.05) is 0 Å². The Kier molecular flexibility index (Phi) is 6.57. The van der Waals surface area contributed by atoms with Gasteiger partial charge in [0, 0.05) is 0 Å². The second-order valence-corrected chi connectivity index (χ2v) is 15.1. The highest BCUT2D eigenvalue weighted by molar-refractivity contribution is 6.32. The van der Waals surface area contributed by atoms with Gasteiger partial charge in [0.1, 0.15) is 0 Å². The molecule has 8 aromatic carbocycles. The van der Waals surface area contributed by atoms with Gasteiger partial charge < -0.3 is 0 Å². The van der Waals surface area contributed by atoms with Crippen molar-refractivity contribution in [2.45, 2.75) is 69.2 Å². The number of hydrogen-bond acceptors (Lipinski definition) is 0. The average molecular weight is 645 g/mol. The van der Waals surface area contributed by atoms with Crippen LogP contribution >= 0.6 is 0 Å². The summed E-state index contributed by atoms with van der Waals surface area (Å²) < 4.78 is 0. The molecule has 0 radical (unpaired) electrons. The van der Waals surface area contributed by atoms with Crippen LogP contribution in [0.2, 0.25) is 0 Å². The van der Waals surface area contributed by atoms with E-state index in [9.17, 15) is 0 Å². The average Bonchev–Trinajstić information content (AvgIpc) is 3.45. The SMILES string of the molecule is Cc1c(C)c(C)c(-c2c3c(c(-c4c(C)c(C)c(C)c(C)c4C)c4cc5ccccc5cc24)-c2cc4ccccc4c4cccc-3c24)c(C)c1C. The number of fused-ring (bicyclic) bond motifs is 7.